The average molecular weight is 630 g/mol. The molecule has 5 aromatic rings. The summed E-state index contributed by atoms with van der Waals surface area (Å²) in [7, 11) is 0. The van der Waals surface area contributed by atoms with E-state index in [1.165, 1.54) is 23.2 Å². The van der Waals surface area contributed by atoms with Gasteiger partial charge in [0.25, 0.3) is 0 Å². The number of esters is 3. The van der Waals surface area contributed by atoms with Gasteiger partial charge in [0, 0.05) is 6.20 Å². The van der Waals surface area contributed by atoms with E-state index in [2.05, 4.69) is 22.6 Å². The number of nitrogens with zero attached hydrogens (tertiary/aromatic N) is 4. The van der Waals surface area contributed by atoms with Gasteiger partial charge in [0.15, 0.2) is 24.5 Å². The molecule has 12 heteroatoms. The van der Waals surface area contributed by atoms with Crippen molar-refractivity contribution in [2.75, 3.05) is 5.73 Å². The van der Waals surface area contributed by atoms with Crippen molar-refractivity contribution in [3.05, 3.63) is 138 Å². The molecule has 0 aliphatic carbocycles. The minimum Gasteiger partial charge on any atom is -0.452 e. The van der Waals surface area contributed by atoms with Crippen molar-refractivity contribution in [1.29, 1.82) is 5.26 Å². The van der Waals surface area contributed by atoms with Crippen LogP contribution in [0.1, 0.15) is 42.9 Å². The number of carbonyl (C=O) groups is 3. The summed E-state index contributed by atoms with van der Waals surface area (Å²) in [5.74, 6) is -2.13. The maximum Gasteiger partial charge on any atom is 0.338 e. The summed E-state index contributed by atoms with van der Waals surface area (Å²) < 4.78 is 25.9. The molecule has 0 spiro atoms. The maximum absolute atomic E-state index is 13.5. The molecule has 3 aromatic carbocycles. The van der Waals surface area contributed by atoms with E-state index < -0.39 is 48.6 Å². The van der Waals surface area contributed by atoms with Crippen LogP contribution in [0.3, 0.4) is 0 Å². The van der Waals surface area contributed by atoms with E-state index in [4.69, 9.17) is 24.7 Å². The second kappa shape index (κ2) is 13.4. The molecule has 2 aromatic heterocycles. The van der Waals surface area contributed by atoms with Crippen LogP contribution in [-0.2, 0) is 18.9 Å². The first-order valence-corrected chi connectivity index (χ1v) is 14.5. The summed E-state index contributed by atoms with van der Waals surface area (Å²) in [6.07, 6.45) is -2.41. The molecule has 234 valence electrons. The number of benzene rings is 3. The third-order valence-electron chi connectivity index (χ3n) is 7.57. The number of nitriles is 1. The fourth-order valence-electron chi connectivity index (χ4n) is 5.35. The number of nitrogen functional groups attached to an aromatic ring is 1. The van der Waals surface area contributed by atoms with E-state index in [1.807, 2.05) is 0 Å². The van der Waals surface area contributed by atoms with Gasteiger partial charge in [0.05, 0.1) is 27.6 Å². The molecule has 5 atom stereocenters. The molecule has 0 unspecified atom stereocenters. The number of fused-ring (bicyclic) bond motifs is 1. The lowest BCUT2D eigenvalue weighted by Crippen LogP contribution is -2.44. The van der Waals surface area contributed by atoms with Crippen LogP contribution in [0.15, 0.2) is 116 Å². The molecule has 1 aliphatic heterocycles. The zero-order valence-electron chi connectivity index (χ0n) is 24.7. The van der Waals surface area contributed by atoms with Crippen LogP contribution in [-0.4, -0.2) is 56.9 Å². The van der Waals surface area contributed by atoms with Crippen LogP contribution < -0.4 is 5.73 Å². The summed E-state index contributed by atoms with van der Waals surface area (Å²) >= 11 is 0. The smallest absolute Gasteiger partial charge is 0.338 e. The maximum atomic E-state index is 13.5. The highest BCUT2D eigenvalue weighted by molar-refractivity contribution is 5.93. The Morgan fingerprint density at radius 2 is 1.38 bits per heavy atom. The van der Waals surface area contributed by atoms with Crippen molar-refractivity contribution in [1.82, 2.24) is 14.5 Å². The predicted octanol–water partition coefficient (Wildman–Crippen LogP) is 4.65. The van der Waals surface area contributed by atoms with E-state index in [9.17, 15) is 19.6 Å². The molecular formula is C35H27N5O7. The molecule has 2 N–H and O–H groups in total. The van der Waals surface area contributed by atoms with Crippen LogP contribution in [0.25, 0.3) is 11.0 Å². The Kier molecular flexibility index (Phi) is 8.72. The minimum atomic E-state index is -1.35. The summed E-state index contributed by atoms with van der Waals surface area (Å²) in [4.78, 5) is 48.6. The Morgan fingerprint density at radius 3 is 1.91 bits per heavy atom. The Hall–Kier alpha value is -6.32. The number of rotatable bonds is 9. The van der Waals surface area contributed by atoms with Gasteiger partial charge in [-0.25, -0.2) is 24.4 Å². The lowest BCUT2D eigenvalue weighted by molar-refractivity contribution is -0.0790. The molecule has 6 rings (SSSR count). The number of hydrogen-bond acceptors (Lipinski definition) is 11. The summed E-state index contributed by atoms with van der Waals surface area (Å²) in [5.41, 5.74) is 7.16. The molecule has 1 saturated heterocycles. The number of hydrogen-bond donors (Lipinski definition) is 1. The van der Waals surface area contributed by atoms with Gasteiger partial charge in [-0.2, -0.15) is 5.26 Å². The van der Waals surface area contributed by atoms with Crippen LogP contribution in [0, 0.1) is 11.3 Å². The Balaban J connectivity index is 1.46. The van der Waals surface area contributed by atoms with E-state index in [-0.39, 0.29) is 39.1 Å². The second-order valence-electron chi connectivity index (χ2n) is 10.5. The highest BCUT2D eigenvalue weighted by atomic mass is 16.7. The van der Waals surface area contributed by atoms with Crippen LogP contribution in [0.5, 0.6) is 0 Å². The average Bonchev–Trinajstić information content (AvgIpc) is 3.66. The van der Waals surface area contributed by atoms with E-state index in [1.54, 1.807) is 91.0 Å². The third-order valence-corrected chi connectivity index (χ3v) is 7.57. The van der Waals surface area contributed by atoms with Gasteiger partial charge in [-0.1, -0.05) is 61.2 Å². The summed E-state index contributed by atoms with van der Waals surface area (Å²) in [6, 6.07) is 26.8. The van der Waals surface area contributed by atoms with Crippen molar-refractivity contribution in [2.24, 2.45) is 0 Å². The molecule has 3 heterocycles. The Morgan fingerprint density at radius 1 is 0.851 bits per heavy atom. The van der Waals surface area contributed by atoms with Gasteiger partial charge < -0.3 is 29.2 Å². The van der Waals surface area contributed by atoms with E-state index >= 15 is 0 Å². The van der Waals surface area contributed by atoms with Crippen molar-refractivity contribution < 1.29 is 33.3 Å². The molecule has 0 bridgehead atoms. The second-order valence-corrected chi connectivity index (χ2v) is 10.5. The lowest BCUT2D eigenvalue weighted by Gasteiger charge is -2.27. The lowest BCUT2D eigenvalue weighted by atomic mass is 10.0. The predicted molar refractivity (Wildman–Crippen MR) is 168 cm³/mol. The van der Waals surface area contributed by atoms with Crippen molar-refractivity contribution in [3.63, 3.8) is 0 Å². The largest absolute Gasteiger partial charge is 0.452 e. The topological polar surface area (TPSA) is 169 Å². The highest BCUT2D eigenvalue weighted by Gasteiger charge is 2.54. The van der Waals surface area contributed by atoms with E-state index in [0.717, 1.165) is 0 Å². The zero-order valence-corrected chi connectivity index (χ0v) is 24.7. The number of aromatic nitrogens is 3. The minimum absolute atomic E-state index is 0.0468. The van der Waals surface area contributed by atoms with E-state index in [0.29, 0.717) is 0 Å². The molecule has 0 saturated carbocycles. The van der Waals surface area contributed by atoms with Gasteiger partial charge in [-0.15, -0.1) is 0 Å². The Labute approximate surface area is 268 Å². The first-order chi connectivity index (χ1) is 22.9. The third kappa shape index (κ3) is 6.15. The van der Waals surface area contributed by atoms with Crippen LogP contribution >= 0.6 is 0 Å². The summed E-state index contributed by atoms with van der Waals surface area (Å²) in [5, 5.41) is 10.2. The number of ether oxygens (including phenoxy) is 4. The monoisotopic (exact) mass is 629 g/mol. The quantitative estimate of drug-likeness (QED) is 0.137. The van der Waals surface area contributed by atoms with Gasteiger partial charge in [0.1, 0.15) is 30.0 Å². The van der Waals surface area contributed by atoms with Crippen molar-refractivity contribution >= 4 is 34.8 Å². The molecule has 1 aliphatic rings. The SMILES string of the molecule is C=C[C@@H](OC(=O)c1ccccc1)[C@H]1O[C@@H](n2cc(C#N)c3c(N)ncnc32)[C@H](OC(=O)c2ccccc2)[C@@H]1OC(=O)c1ccccc1. The molecule has 0 radical (unpaired) electrons. The molecule has 47 heavy (non-hydrogen) atoms. The van der Waals surface area contributed by atoms with Gasteiger partial charge >= 0.3 is 17.9 Å². The fraction of sp³-hybridized carbons (Fsp3) is 0.143. The highest BCUT2D eigenvalue weighted by Crippen LogP contribution is 2.40. The number of nitrogens with two attached hydrogens (primary N) is 1. The van der Waals surface area contributed by atoms with Crippen molar-refractivity contribution in [2.45, 2.75) is 30.6 Å². The first-order valence-electron chi connectivity index (χ1n) is 14.5. The van der Waals surface area contributed by atoms with Gasteiger partial charge in [-0.05, 0) is 42.5 Å². The number of anilines is 1. The zero-order chi connectivity index (χ0) is 32.9. The van der Waals surface area contributed by atoms with Gasteiger partial charge in [0.2, 0.25) is 0 Å². The Bertz CT molecular complexity index is 1980. The summed E-state index contributed by atoms with van der Waals surface area (Å²) in [6.45, 7) is 3.84. The van der Waals surface area contributed by atoms with Crippen molar-refractivity contribution in [3.8, 4) is 6.07 Å². The first kappa shape index (κ1) is 30.7. The normalized spacial score (nSPS) is 19.3. The molecule has 0 amide bonds. The fourth-order valence-corrected chi connectivity index (χ4v) is 5.35. The van der Waals surface area contributed by atoms with Crippen LogP contribution in [0.2, 0.25) is 0 Å². The standard InChI is InChI=1S/C35H27N5O7/c1-2-25(44-33(41)21-12-6-3-7-13-21)27-28(46-34(42)22-14-8-4-9-15-22)29(47-35(43)23-16-10-5-11-17-23)32(45-27)40-19-24(18-36)26-30(37)38-20-39-31(26)40/h2-17,19-20,25,27-29,32H,1H2,(H2,37,38,39)/t25-,27-,28-,29-,32-/m1/s1. The molecular weight excluding hydrogens is 602 g/mol. The van der Waals surface area contributed by atoms with Gasteiger partial charge in [-0.3, -0.25) is 0 Å². The molecule has 12 nitrogen and oxygen atoms in total. The van der Waals surface area contributed by atoms with Crippen LogP contribution in [0.4, 0.5) is 5.82 Å². The molecule has 1 fully saturated rings. The number of carbonyl (C=O) groups excluding carboxylic acids is 3.